The van der Waals surface area contributed by atoms with E-state index in [2.05, 4.69) is 20.9 Å². The van der Waals surface area contributed by atoms with Gasteiger partial charge in [-0.25, -0.2) is 4.98 Å². The first-order valence-corrected chi connectivity index (χ1v) is 3.65. The fraction of sp³-hybridized carbons (Fsp3) is 0.286. The molecule has 0 saturated carbocycles. The maximum atomic E-state index is 12.5. The highest BCUT2D eigenvalue weighted by Crippen LogP contribution is 2.35. The number of nitrogens with zero attached hydrogens (tertiary/aromatic N) is 1. The zero-order chi connectivity index (χ0) is 11.9. The molecule has 0 atom stereocenters. The Labute approximate surface area is 80.0 Å². The number of halogens is 4. The maximum Gasteiger partial charge on any atom is 0.419 e. The SMILES string of the molecule is [2H]C([2H])([2H])c1ccnc(Br)c1C(F)(F)F. The first-order valence-electron chi connectivity index (χ1n) is 4.36. The van der Waals surface area contributed by atoms with Gasteiger partial charge >= 0.3 is 6.18 Å². The molecule has 0 amide bonds. The van der Waals surface area contributed by atoms with Gasteiger partial charge in [-0.3, -0.25) is 0 Å². The molecule has 66 valence electrons. The minimum atomic E-state index is -4.74. The predicted octanol–water partition coefficient (Wildman–Crippen LogP) is 3.17. The molecule has 5 heteroatoms. The van der Waals surface area contributed by atoms with E-state index in [1.807, 2.05) is 0 Å². The quantitative estimate of drug-likeness (QED) is 0.637. The molecule has 0 aliphatic carbocycles. The number of aromatic nitrogens is 1. The van der Waals surface area contributed by atoms with Crippen LogP contribution in [0, 0.1) is 6.85 Å². The van der Waals surface area contributed by atoms with Crippen molar-refractivity contribution in [3.63, 3.8) is 0 Å². The third kappa shape index (κ3) is 1.77. The first-order chi connectivity index (χ1) is 6.64. The van der Waals surface area contributed by atoms with E-state index in [-0.39, 0.29) is 0 Å². The monoisotopic (exact) mass is 242 g/mol. The summed E-state index contributed by atoms with van der Waals surface area (Å²) in [5.41, 5.74) is -2.00. The van der Waals surface area contributed by atoms with E-state index < -0.39 is 28.8 Å². The zero-order valence-corrected chi connectivity index (χ0v) is 7.20. The number of hydrogen-bond acceptors (Lipinski definition) is 1. The van der Waals surface area contributed by atoms with Crippen molar-refractivity contribution in [2.45, 2.75) is 13.0 Å². The fourth-order valence-electron chi connectivity index (χ4n) is 0.706. The second-order valence-electron chi connectivity index (χ2n) is 2.02. The molecule has 0 unspecified atom stereocenters. The molecule has 12 heavy (non-hydrogen) atoms. The smallest absolute Gasteiger partial charge is 0.249 e. The summed E-state index contributed by atoms with van der Waals surface area (Å²) in [5, 5.41) is 0. The lowest BCUT2D eigenvalue weighted by molar-refractivity contribution is -0.138. The Hall–Kier alpha value is -0.580. The molecule has 0 spiro atoms. The van der Waals surface area contributed by atoms with Crippen LogP contribution in [-0.4, -0.2) is 4.98 Å². The van der Waals surface area contributed by atoms with E-state index in [9.17, 15) is 13.2 Å². The van der Waals surface area contributed by atoms with Gasteiger partial charge in [-0.2, -0.15) is 13.2 Å². The van der Waals surface area contributed by atoms with E-state index in [1.54, 1.807) is 0 Å². The lowest BCUT2D eigenvalue weighted by Crippen LogP contribution is -2.09. The second-order valence-corrected chi connectivity index (χ2v) is 2.77. The average molecular weight is 243 g/mol. The molecule has 0 saturated heterocycles. The Morgan fingerprint density at radius 2 is 2.25 bits per heavy atom. The van der Waals surface area contributed by atoms with Gasteiger partial charge in [0.15, 0.2) is 0 Å². The van der Waals surface area contributed by atoms with Gasteiger partial charge in [0.25, 0.3) is 0 Å². The summed E-state index contributed by atoms with van der Waals surface area (Å²) in [4.78, 5) is 3.37. The molecular formula is C7H5BrF3N. The standard InChI is InChI=1S/C7H5BrF3N/c1-4-2-3-12-6(8)5(4)7(9,10)11/h2-3H,1H3/i1D3. The van der Waals surface area contributed by atoms with Crippen LogP contribution in [0.15, 0.2) is 16.9 Å². The van der Waals surface area contributed by atoms with Crippen LogP contribution in [0.5, 0.6) is 0 Å². The van der Waals surface area contributed by atoms with Crippen molar-refractivity contribution >= 4 is 15.9 Å². The Kier molecular flexibility index (Phi) is 1.51. The van der Waals surface area contributed by atoms with Crippen LogP contribution in [0.4, 0.5) is 13.2 Å². The van der Waals surface area contributed by atoms with Crippen molar-refractivity contribution in [3.05, 3.63) is 28.0 Å². The van der Waals surface area contributed by atoms with Gasteiger partial charge in [0.05, 0.1) is 5.56 Å². The summed E-state index contributed by atoms with van der Waals surface area (Å²) in [6.45, 7) is -2.81. The van der Waals surface area contributed by atoms with Crippen molar-refractivity contribution < 1.29 is 17.3 Å². The molecule has 0 aliphatic rings. The molecule has 0 N–H and O–H groups in total. The van der Waals surface area contributed by atoms with E-state index in [1.165, 1.54) is 0 Å². The second kappa shape index (κ2) is 3.05. The van der Waals surface area contributed by atoms with Gasteiger partial charge in [-0.15, -0.1) is 0 Å². The van der Waals surface area contributed by atoms with Crippen molar-refractivity contribution in [2.24, 2.45) is 0 Å². The number of aryl methyl sites for hydroxylation is 1. The normalized spacial score (nSPS) is 16.5. The van der Waals surface area contributed by atoms with Crippen molar-refractivity contribution in [3.8, 4) is 0 Å². The molecule has 0 fully saturated rings. The van der Waals surface area contributed by atoms with Crippen LogP contribution in [0.1, 0.15) is 15.2 Å². The molecule has 1 aromatic heterocycles. The summed E-state index contributed by atoms with van der Waals surface area (Å²) in [7, 11) is 0. The van der Waals surface area contributed by atoms with Gasteiger partial charge in [0, 0.05) is 10.3 Å². The number of hydrogen-bond donors (Lipinski definition) is 0. The molecule has 1 aromatic rings. The van der Waals surface area contributed by atoms with Crippen LogP contribution >= 0.6 is 15.9 Å². The van der Waals surface area contributed by atoms with Crippen LogP contribution in [0.3, 0.4) is 0 Å². The highest BCUT2D eigenvalue weighted by molar-refractivity contribution is 9.10. The molecule has 0 bridgehead atoms. The van der Waals surface area contributed by atoms with E-state index in [4.69, 9.17) is 4.11 Å². The topological polar surface area (TPSA) is 12.9 Å². The molecule has 1 rings (SSSR count). The Balaban J connectivity index is 3.48. The highest BCUT2D eigenvalue weighted by Gasteiger charge is 2.35. The van der Waals surface area contributed by atoms with Crippen molar-refractivity contribution in [2.75, 3.05) is 0 Å². The lowest BCUT2D eigenvalue weighted by Gasteiger charge is -2.10. The summed E-state index contributed by atoms with van der Waals surface area (Å²) >= 11 is 2.59. The van der Waals surface area contributed by atoms with E-state index in [0.717, 1.165) is 12.3 Å². The Bertz CT molecular complexity index is 375. The Morgan fingerprint density at radius 1 is 1.58 bits per heavy atom. The van der Waals surface area contributed by atoms with Gasteiger partial charge in [-0.05, 0) is 34.4 Å². The van der Waals surface area contributed by atoms with Crippen LogP contribution in [0.25, 0.3) is 0 Å². The fourth-order valence-corrected chi connectivity index (χ4v) is 1.26. The number of alkyl halides is 3. The van der Waals surface area contributed by atoms with Gasteiger partial charge in [-0.1, -0.05) is 0 Å². The summed E-state index contributed by atoms with van der Waals surface area (Å²) < 4.78 is 58.0. The first kappa shape index (κ1) is 5.96. The molecule has 0 aromatic carbocycles. The highest BCUT2D eigenvalue weighted by atomic mass is 79.9. The minimum Gasteiger partial charge on any atom is -0.249 e. The van der Waals surface area contributed by atoms with Crippen LogP contribution in [0.2, 0.25) is 0 Å². The number of pyridine rings is 1. The lowest BCUT2D eigenvalue weighted by atomic mass is 10.1. The third-order valence-electron chi connectivity index (χ3n) is 1.19. The summed E-state index contributed by atoms with van der Waals surface area (Å²) in [6, 6.07) is 0.848. The predicted molar refractivity (Wildman–Crippen MR) is 41.7 cm³/mol. The third-order valence-corrected chi connectivity index (χ3v) is 1.79. The Morgan fingerprint density at radius 3 is 2.67 bits per heavy atom. The summed E-state index contributed by atoms with van der Waals surface area (Å²) in [5.74, 6) is 0. The zero-order valence-electron chi connectivity index (χ0n) is 8.61. The average Bonchev–Trinajstić information content (AvgIpc) is 1.99. The van der Waals surface area contributed by atoms with Crippen molar-refractivity contribution in [1.29, 1.82) is 0 Å². The van der Waals surface area contributed by atoms with Gasteiger partial charge < -0.3 is 0 Å². The molecule has 0 aliphatic heterocycles. The molecule has 1 heterocycles. The molecular weight excluding hydrogens is 235 g/mol. The minimum absolute atomic E-state index is 0.511. The van der Waals surface area contributed by atoms with Gasteiger partial charge in [0.2, 0.25) is 0 Å². The number of rotatable bonds is 0. The molecule has 0 radical (unpaired) electrons. The van der Waals surface area contributed by atoms with E-state index in [0.29, 0.717) is 0 Å². The molecule has 1 nitrogen and oxygen atoms in total. The van der Waals surface area contributed by atoms with Crippen LogP contribution < -0.4 is 0 Å². The van der Waals surface area contributed by atoms with Crippen LogP contribution in [-0.2, 0) is 6.18 Å². The van der Waals surface area contributed by atoms with E-state index >= 15 is 0 Å². The van der Waals surface area contributed by atoms with Gasteiger partial charge in [0.1, 0.15) is 4.60 Å². The maximum absolute atomic E-state index is 12.5. The largest absolute Gasteiger partial charge is 0.419 e. The van der Waals surface area contributed by atoms with Crippen molar-refractivity contribution in [1.82, 2.24) is 4.98 Å². The summed E-state index contributed by atoms with van der Waals surface area (Å²) in [6.07, 6.45) is -3.72.